The number of fused-ring (bicyclic) bond motifs is 4. The average Bonchev–Trinajstić information content (AvgIpc) is 3.14. The minimum Gasteiger partial charge on any atom is -0.382 e. The molecule has 0 unspecified atom stereocenters. The predicted molar refractivity (Wildman–Crippen MR) is 194 cm³/mol. The molecular weight excluding hydrogens is 644 g/mol. The van der Waals surface area contributed by atoms with Crippen LogP contribution in [-0.4, -0.2) is 116 Å². The lowest BCUT2D eigenvalue weighted by Crippen LogP contribution is -2.18. The number of benzene rings is 3. The molecule has 0 saturated heterocycles. The van der Waals surface area contributed by atoms with Gasteiger partial charge in [-0.1, -0.05) is 24.3 Å². The molecule has 12 heteroatoms. The summed E-state index contributed by atoms with van der Waals surface area (Å²) in [6, 6.07) is 18.8. The monoisotopic (exact) mass is 692 g/mol. The van der Waals surface area contributed by atoms with E-state index in [4.69, 9.17) is 37.9 Å². The zero-order chi connectivity index (χ0) is 35.0. The van der Waals surface area contributed by atoms with Crippen LogP contribution in [0.3, 0.4) is 0 Å². The second-order valence-electron chi connectivity index (χ2n) is 11.5. The molecule has 2 heterocycles. The van der Waals surface area contributed by atoms with Gasteiger partial charge in [-0.05, 0) is 36.4 Å². The number of nitrogens with zero attached hydrogens (tertiary/aromatic N) is 2. The van der Waals surface area contributed by atoms with Crippen molar-refractivity contribution in [2.75, 3.05) is 107 Å². The zero-order valence-corrected chi connectivity index (χ0v) is 29.1. The number of methoxy groups -OCH3 is 2. The molecule has 5 rings (SSSR count). The van der Waals surface area contributed by atoms with Gasteiger partial charge in [0, 0.05) is 48.9 Å². The van der Waals surface area contributed by atoms with Crippen molar-refractivity contribution in [3.05, 3.63) is 81.1 Å². The van der Waals surface area contributed by atoms with Gasteiger partial charge in [0.2, 0.25) is 0 Å². The normalized spacial score (nSPS) is 11.9. The Labute approximate surface area is 291 Å². The Morgan fingerprint density at radius 1 is 0.400 bits per heavy atom. The number of ether oxygens (including phenoxy) is 8. The Morgan fingerprint density at radius 3 is 1.08 bits per heavy atom. The molecule has 270 valence electrons. The Morgan fingerprint density at radius 2 is 0.720 bits per heavy atom. The molecule has 0 aliphatic heterocycles. The van der Waals surface area contributed by atoms with Crippen molar-refractivity contribution in [1.29, 1.82) is 0 Å². The van der Waals surface area contributed by atoms with E-state index in [0.29, 0.717) is 138 Å². The molecule has 0 fully saturated rings. The zero-order valence-electron chi connectivity index (χ0n) is 29.1. The number of para-hydroxylation sites is 2. The van der Waals surface area contributed by atoms with Crippen LogP contribution in [0.5, 0.6) is 0 Å². The van der Waals surface area contributed by atoms with Crippen LogP contribution in [0.25, 0.3) is 43.6 Å². The molecule has 3 aromatic carbocycles. The summed E-state index contributed by atoms with van der Waals surface area (Å²) in [4.78, 5) is 27.9. The van der Waals surface area contributed by atoms with E-state index in [0.717, 1.165) is 11.0 Å². The summed E-state index contributed by atoms with van der Waals surface area (Å²) in [5.74, 6) is 0. The van der Waals surface area contributed by atoms with Gasteiger partial charge in [-0.3, -0.25) is 9.59 Å². The summed E-state index contributed by atoms with van der Waals surface area (Å²) in [7, 11) is 3.28. The van der Waals surface area contributed by atoms with Crippen molar-refractivity contribution < 1.29 is 37.9 Å². The molecule has 0 aliphatic rings. The Kier molecular flexibility index (Phi) is 15.2. The first-order chi connectivity index (χ1) is 24.7. The maximum Gasteiger partial charge on any atom is 0.197 e. The lowest BCUT2D eigenvalue weighted by Gasteiger charge is -2.19. The fourth-order valence-corrected chi connectivity index (χ4v) is 5.90. The molecule has 0 aliphatic carbocycles. The summed E-state index contributed by atoms with van der Waals surface area (Å²) in [6.07, 6.45) is 0. The number of hydrogen-bond donors (Lipinski definition) is 0. The van der Waals surface area contributed by atoms with Crippen molar-refractivity contribution in [3.8, 4) is 0 Å². The summed E-state index contributed by atoms with van der Waals surface area (Å²) in [5.41, 5.74) is 2.79. The molecule has 2 aromatic heterocycles. The third kappa shape index (κ3) is 9.74. The number of pyridine rings is 2. The highest BCUT2D eigenvalue weighted by molar-refractivity contribution is 6.03. The molecule has 0 saturated carbocycles. The molecule has 0 amide bonds. The van der Waals surface area contributed by atoms with E-state index >= 15 is 0 Å². The maximum absolute atomic E-state index is 13.9. The van der Waals surface area contributed by atoms with Crippen molar-refractivity contribution in [1.82, 2.24) is 9.13 Å². The Balaban J connectivity index is 1.34. The highest BCUT2D eigenvalue weighted by atomic mass is 16.6. The summed E-state index contributed by atoms with van der Waals surface area (Å²) in [6.45, 7) is 7.64. The third-order valence-corrected chi connectivity index (χ3v) is 8.33. The molecule has 0 radical (unpaired) electrons. The van der Waals surface area contributed by atoms with E-state index in [1.165, 1.54) is 0 Å². The van der Waals surface area contributed by atoms with Gasteiger partial charge in [0.15, 0.2) is 10.9 Å². The van der Waals surface area contributed by atoms with Crippen LogP contribution in [0.1, 0.15) is 0 Å². The number of rotatable bonds is 24. The van der Waals surface area contributed by atoms with E-state index in [1.807, 2.05) is 60.7 Å². The highest BCUT2D eigenvalue weighted by Crippen LogP contribution is 2.26. The molecule has 5 aromatic rings. The lowest BCUT2D eigenvalue weighted by atomic mass is 10.0. The first-order valence-corrected chi connectivity index (χ1v) is 17.1. The first kappa shape index (κ1) is 37.5. The number of aromatic nitrogens is 2. The standard InChI is InChI=1S/C38H48N2O10/c1-43-15-17-47-23-25-49-21-19-45-13-11-39-33-9-5-3-7-29(33)37(41)31-28-36-32(27-35(31)39)38(42)30-8-4-6-10-34(30)40(36)12-14-46-20-22-50-26-24-48-18-16-44-2/h3-10,27-28H,11-26H2,1-2H3. The topological polar surface area (TPSA) is 118 Å². The molecule has 12 nitrogen and oxygen atoms in total. The SMILES string of the molecule is COCCOCCOCCOCCn1c2ccccc2c(=O)c2cc3c(cc21)c(=O)c1ccccc1n3CCOCCOCCOCCOC. The van der Waals surface area contributed by atoms with Gasteiger partial charge >= 0.3 is 0 Å². The van der Waals surface area contributed by atoms with Crippen molar-refractivity contribution in [2.24, 2.45) is 0 Å². The van der Waals surface area contributed by atoms with Crippen LogP contribution in [0.2, 0.25) is 0 Å². The second kappa shape index (κ2) is 20.2. The fourth-order valence-electron chi connectivity index (χ4n) is 5.90. The van der Waals surface area contributed by atoms with Crippen molar-refractivity contribution in [2.45, 2.75) is 13.1 Å². The van der Waals surface area contributed by atoms with Gasteiger partial charge in [-0.25, -0.2) is 0 Å². The summed E-state index contributed by atoms with van der Waals surface area (Å²) >= 11 is 0. The third-order valence-electron chi connectivity index (χ3n) is 8.33. The largest absolute Gasteiger partial charge is 0.382 e. The van der Waals surface area contributed by atoms with E-state index < -0.39 is 0 Å². The molecule has 50 heavy (non-hydrogen) atoms. The molecule has 0 N–H and O–H groups in total. The average molecular weight is 693 g/mol. The quantitative estimate of drug-likeness (QED) is 0.0694. The van der Waals surface area contributed by atoms with E-state index in [1.54, 1.807) is 14.2 Å². The fraction of sp³-hybridized carbons (Fsp3) is 0.474. The van der Waals surface area contributed by atoms with Crippen LogP contribution >= 0.6 is 0 Å². The van der Waals surface area contributed by atoms with Gasteiger partial charge < -0.3 is 47.0 Å². The van der Waals surface area contributed by atoms with Crippen LogP contribution in [-0.2, 0) is 51.0 Å². The molecular formula is C38H48N2O10. The van der Waals surface area contributed by atoms with E-state index in [-0.39, 0.29) is 10.9 Å². The van der Waals surface area contributed by atoms with Crippen LogP contribution in [0, 0.1) is 0 Å². The van der Waals surface area contributed by atoms with Crippen molar-refractivity contribution in [3.63, 3.8) is 0 Å². The van der Waals surface area contributed by atoms with Gasteiger partial charge in [0.1, 0.15) is 0 Å². The minimum absolute atomic E-state index is 0.0810. The predicted octanol–water partition coefficient (Wildman–Crippen LogP) is 4.02. The molecule has 0 bridgehead atoms. The number of hydrogen-bond acceptors (Lipinski definition) is 10. The second-order valence-corrected chi connectivity index (χ2v) is 11.5. The Hall–Kier alpha value is -3.72. The smallest absolute Gasteiger partial charge is 0.197 e. The Bertz CT molecular complexity index is 1780. The van der Waals surface area contributed by atoms with Gasteiger partial charge in [-0.2, -0.15) is 0 Å². The molecule has 0 spiro atoms. The van der Waals surface area contributed by atoms with Crippen molar-refractivity contribution >= 4 is 43.6 Å². The van der Waals surface area contributed by atoms with Gasteiger partial charge in [0.25, 0.3) is 0 Å². The maximum atomic E-state index is 13.9. The minimum atomic E-state index is -0.0810. The van der Waals surface area contributed by atoms with Crippen LogP contribution < -0.4 is 10.9 Å². The summed E-state index contributed by atoms with van der Waals surface area (Å²) in [5, 5.41) is 2.30. The summed E-state index contributed by atoms with van der Waals surface area (Å²) < 4.78 is 47.9. The van der Waals surface area contributed by atoms with E-state index in [2.05, 4.69) is 9.13 Å². The van der Waals surface area contributed by atoms with Crippen LogP contribution in [0.4, 0.5) is 0 Å². The lowest BCUT2D eigenvalue weighted by molar-refractivity contribution is 0.00290. The molecule has 0 atom stereocenters. The van der Waals surface area contributed by atoms with Crippen LogP contribution in [0.15, 0.2) is 70.3 Å². The van der Waals surface area contributed by atoms with E-state index in [9.17, 15) is 9.59 Å². The van der Waals surface area contributed by atoms with Gasteiger partial charge in [0.05, 0.1) is 115 Å². The first-order valence-electron chi connectivity index (χ1n) is 17.1. The van der Waals surface area contributed by atoms with Gasteiger partial charge in [-0.15, -0.1) is 0 Å². The highest BCUT2D eigenvalue weighted by Gasteiger charge is 2.17.